The maximum atomic E-state index is 8.83. The molecule has 0 fully saturated rings. The van der Waals surface area contributed by atoms with E-state index in [2.05, 4.69) is 4.98 Å². The molecule has 1 aromatic heterocycles. The second-order valence-corrected chi connectivity index (χ2v) is 4.04. The van der Waals surface area contributed by atoms with Crippen molar-refractivity contribution in [2.75, 3.05) is 0 Å². The van der Waals surface area contributed by atoms with Crippen LogP contribution in [0.2, 0.25) is 15.2 Å². The monoisotopic (exact) mass is 256 g/mol. The Morgan fingerprint density at radius 3 is 2.60 bits per heavy atom. The number of benzene rings is 1. The third kappa shape index (κ3) is 1.74. The summed E-state index contributed by atoms with van der Waals surface area (Å²) in [6.45, 7) is 0. The summed E-state index contributed by atoms with van der Waals surface area (Å²) in [4.78, 5) is 4.04. The number of rotatable bonds is 0. The summed E-state index contributed by atoms with van der Waals surface area (Å²) in [7, 11) is 0. The Hall–Kier alpha value is -1.01. The molecule has 0 N–H and O–H groups in total. The van der Waals surface area contributed by atoms with Crippen LogP contribution in [0.5, 0.6) is 0 Å². The van der Waals surface area contributed by atoms with Gasteiger partial charge in [-0.2, -0.15) is 5.26 Å². The Bertz CT molecular complexity index is 587. The highest BCUT2D eigenvalue weighted by atomic mass is 35.5. The van der Waals surface area contributed by atoms with E-state index < -0.39 is 0 Å². The van der Waals surface area contributed by atoms with Crippen molar-refractivity contribution in [1.29, 1.82) is 5.26 Å². The molecule has 15 heavy (non-hydrogen) atoms. The van der Waals surface area contributed by atoms with Crippen molar-refractivity contribution in [1.82, 2.24) is 4.98 Å². The highest BCUT2D eigenvalue weighted by molar-refractivity contribution is 6.40. The molecule has 2 rings (SSSR count). The summed E-state index contributed by atoms with van der Waals surface area (Å²) >= 11 is 17.6. The smallest absolute Gasteiger partial charge is 0.149 e. The van der Waals surface area contributed by atoms with E-state index in [0.29, 0.717) is 20.9 Å². The van der Waals surface area contributed by atoms with Gasteiger partial charge in [0.05, 0.1) is 10.5 Å². The van der Waals surface area contributed by atoms with Crippen molar-refractivity contribution < 1.29 is 0 Å². The lowest BCUT2D eigenvalue weighted by atomic mass is 10.2. The van der Waals surface area contributed by atoms with Crippen LogP contribution in [0.25, 0.3) is 10.9 Å². The normalized spacial score (nSPS) is 10.3. The zero-order valence-corrected chi connectivity index (χ0v) is 9.53. The number of nitriles is 1. The molecule has 0 radical (unpaired) electrons. The van der Waals surface area contributed by atoms with Crippen molar-refractivity contribution in [2.24, 2.45) is 0 Å². The number of fused-ring (bicyclic) bond motifs is 1. The van der Waals surface area contributed by atoms with Gasteiger partial charge in [0.25, 0.3) is 0 Å². The van der Waals surface area contributed by atoms with Crippen molar-refractivity contribution in [3.63, 3.8) is 0 Å². The molecular weight excluding hydrogens is 254 g/mol. The zero-order valence-electron chi connectivity index (χ0n) is 7.26. The summed E-state index contributed by atoms with van der Waals surface area (Å²) in [6.07, 6.45) is 0. The van der Waals surface area contributed by atoms with Gasteiger partial charge in [0.15, 0.2) is 0 Å². The van der Waals surface area contributed by atoms with Gasteiger partial charge in [-0.1, -0.05) is 34.8 Å². The summed E-state index contributed by atoms with van der Waals surface area (Å²) in [5.41, 5.74) is 0.768. The molecule has 0 aliphatic heterocycles. The minimum atomic E-state index is 0.0947. The maximum absolute atomic E-state index is 8.83. The van der Waals surface area contributed by atoms with Gasteiger partial charge >= 0.3 is 0 Å². The molecule has 0 spiro atoms. The molecule has 5 heteroatoms. The number of halogens is 3. The van der Waals surface area contributed by atoms with Crippen LogP contribution in [0.1, 0.15) is 5.56 Å². The van der Waals surface area contributed by atoms with Crippen molar-refractivity contribution in [3.8, 4) is 6.07 Å². The summed E-state index contributed by atoms with van der Waals surface area (Å²) in [5, 5.41) is 10.4. The van der Waals surface area contributed by atoms with Crippen LogP contribution in [0, 0.1) is 11.3 Å². The average molecular weight is 258 g/mol. The van der Waals surface area contributed by atoms with Crippen LogP contribution in [-0.2, 0) is 0 Å². The molecule has 1 aromatic carbocycles. The molecule has 0 amide bonds. The molecule has 0 aliphatic rings. The quantitative estimate of drug-likeness (QED) is 0.667. The average Bonchev–Trinajstić information content (AvgIpc) is 2.17. The number of aromatic nitrogens is 1. The molecule has 0 bridgehead atoms. The molecule has 0 atom stereocenters. The molecule has 0 saturated heterocycles. The number of pyridine rings is 1. The molecule has 2 aromatic rings. The van der Waals surface area contributed by atoms with Crippen LogP contribution in [0.3, 0.4) is 0 Å². The predicted molar refractivity (Wildman–Crippen MR) is 61.5 cm³/mol. The third-order valence-corrected chi connectivity index (χ3v) is 2.85. The lowest BCUT2D eigenvalue weighted by molar-refractivity contribution is 1.37. The van der Waals surface area contributed by atoms with E-state index in [4.69, 9.17) is 40.1 Å². The SMILES string of the molecule is N#Cc1c(Cl)nc2cc(Cl)ccc2c1Cl. The first kappa shape index (κ1) is 10.5. The number of nitrogens with zero attached hydrogens (tertiary/aromatic N) is 2. The van der Waals surface area contributed by atoms with Crippen LogP contribution in [-0.4, -0.2) is 4.98 Å². The minimum absolute atomic E-state index is 0.0947. The first-order chi connectivity index (χ1) is 7.13. The van der Waals surface area contributed by atoms with E-state index in [1.54, 1.807) is 18.2 Å². The standard InChI is InChI=1S/C10H3Cl3N2/c11-5-1-2-6-8(3-5)15-10(13)7(4-14)9(6)12/h1-3H. The van der Waals surface area contributed by atoms with Gasteiger partial charge in [-0.15, -0.1) is 0 Å². The second kappa shape index (κ2) is 3.86. The summed E-state index contributed by atoms with van der Waals surface area (Å²) < 4.78 is 0. The molecule has 1 heterocycles. The van der Waals surface area contributed by atoms with Crippen LogP contribution in [0.4, 0.5) is 0 Å². The lowest BCUT2D eigenvalue weighted by Crippen LogP contribution is -1.88. The van der Waals surface area contributed by atoms with Crippen molar-refractivity contribution in [2.45, 2.75) is 0 Å². The van der Waals surface area contributed by atoms with Crippen LogP contribution >= 0.6 is 34.8 Å². The lowest BCUT2D eigenvalue weighted by Gasteiger charge is -2.03. The van der Waals surface area contributed by atoms with E-state index in [9.17, 15) is 0 Å². The van der Waals surface area contributed by atoms with Gasteiger partial charge in [-0.3, -0.25) is 0 Å². The highest BCUT2D eigenvalue weighted by Gasteiger charge is 2.11. The number of hydrogen-bond donors (Lipinski definition) is 0. The fraction of sp³-hybridized carbons (Fsp3) is 0. The second-order valence-electron chi connectivity index (χ2n) is 2.86. The van der Waals surface area contributed by atoms with Gasteiger partial charge in [-0.05, 0) is 18.2 Å². The molecule has 0 saturated carbocycles. The van der Waals surface area contributed by atoms with E-state index in [1.807, 2.05) is 6.07 Å². The van der Waals surface area contributed by atoms with E-state index in [1.165, 1.54) is 0 Å². The van der Waals surface area contributed by atoms with Crippen LogP contribution in [0.15, 0.2) is 18.2 Å². The highest BCUT2D eigenvalue weighted by Crippen LogP contribution is 2.31. The Morgan fingerprint density at radius 1 is 1.20 bits per heavy atom. The van der Waals surface area contributed by atoms with E-state index >= 15 is 0 Å². The molecule has 0 aliphatic carbocycles. The minimum Gasteiger partial charge on any atom is -0.235 e. The zero-order chi connectivity index (χ0) is 11.0. The van der Waals surface area contributed by atoms with Crippen molar-refractivity contribution >= 4 is 45.7 Å². The summed E-state index contributed by atoms with van der Waals surface area (Å²) in [6, 6.07) is 6.96. The van der Waals surface area contributed by atoms with Gasteiger partial charge in [0.2, 0.25) is 0 Å². The van der Waals surface area contributed by atoms with Crippen molar-refractivity contribution in [3.05, 3.63) is 39.0 Å². The van der Waals surface area contributed by atoms with E-state index in [-0.39, 0.29) is 10.7 Å². The summed E-state index contributed by atoms with van der Waals surface area (Å²) in [5.74, 6) is 0. The molecule has 2 nitrogen and oxygen atoms in total. The third-order valence-electron chi connectivity index (χ3n) is 1.95. The molecule has 0 unspecified atom stereocenters. The largest absolute Gasteiger partial charge is 0.235 e. The fourth-order valence-corrected chi connectivity index (χ4v) is 2.00. The Morgan fingerprint density at radius 2 is 1.93 bits per heavy atom. The first-order valence-electron chi connectivity index (χ1n) is 3.98. The predicted octanol–water partition coefficient (Wildman–Crippen LogP) is 4.07. The van der Waals surface area contributed by atoms with Gasteiger partial charge in [0, 0.05) is 10.4 Å². The topological polar surface area (TPSA) is 36.7 Å². The van der Waals surface area contributed by atoms with Crippen LogP contribution < -0.4 is 0 Å². The molecule has 74 valence electrons. The van der Waals surface area contributed by atoms with Gasteiger partial charge in [0.1, 0.15) is 16.8 Å². The number of hydrogen-bond acceptors (Lipinski definition) is 2. The molecular formula is C10H3Cl3N2. The van der Waals surface area contributed by atoms with Gasteiger partial charge in [-0.25, -0.2) is 4.98 Å². The maximum Gasteiger partial charge on any atom is 0.149 e. The Balaban J connectivity index is 2.92. The fourth-order valence-electron chi connectivity index (χ4n) is 1.26. The van der Waals surface area contributed by atoms with Gasteiger partial charge < -0.3 is 0 Å². The Kier molecular flexibility index (Phi) is 2.70. The van der Waals surface area contributed by atoms with E-state index in [0.717, 1.165) is 0 Å². The Labute approximate surface area is 101 Å². The first-order valence-corrected chi connectivity index (χ1v) is 5.11.